The van der Waals surface area contributed by atoms with Crippen LogP contribution in [0.2, 0.25) is 0 Å². The van der Waals surface area contributed by atoms with Crippen molar-refractivity contribution in [2.45, 2.75) is 50.4 Å². The summed E-state index contributed by atoms with van der Waals surface area (Å²) in [4.78, 5) is 40.1. The zero-order valence-corrected chi connectivity index (χ0v) is 16.5. The number of likely N-dealkylation sites (tertiary alicyclic amines) is 1. The molecule has 3 heterocycles. The monoisotopic (exact) mass is 400 g/mol. The summed E-state index contributed by atoms with van der Waals surface area (Å²) in [5.74, 6) is 0.0743. The van der Waals surface area contributed by atoms with Crippen LogP contribution in [0.15, 0.2) is 30.3 Å². The van der Waals surface area contributed by atoms with Gasteiger partial charge in [0.15, 0.2) is 5.78 Å². The van der Waals surface area contributed by atoms with Crippen molar-refractivity contribution < 1.29 is 19.1 Å². The largest absolute Gasteiger partial charge is 0.445 e. The predicted octanol–water partition coefficient (Wildman–Crippen LogP) is 1.50. The lowest BCUT2D eigenvalue weighted by molar-refractivity contribution is -0.123. The maximum absolute atomic E-state index is 12.6. The number of urea groups is 1. The van der Waals surface area contributed by atoms with Crippen LogP contribution in [0.3, 0.4) is 0 Å². The van der Waals surface area contributed by atoms with Gasteiger partial charge in [-0.05, 0) is 31.2 Å². The van der Waals surface area contributed by atoms with Crippen molar-refractivity contribution in [1.82, 2.24) is 20.4 Å². The summed E-state index contributed by atoms with van der Waals surface area (Å²) < 4.78 is 5.39. The van der Waals surface area contributed by atoms with Gasteiger partial charge in [0.05, 0.1) is 12.6 Å². The van der Waals surface area contributed by atoms with E-state index in [1.54, 1.807) is 9.80 Å². The Morgan fingerprint density at radius 1 is 1.10 bits per heavy atom. The molecule has 4 rings (SSSR count). The van der Waals surface area contributed by atoms with Crippen molar-refractivity contribution in [3.05, 3.63) is 35.9 Å². The smallest absolute Gasteiger partial charge is 0.410 e. The average molecular weight is 400 g/mol. The van der Waals surface area contributed by atoms with E-state index in [-0.39, 0.29) is 49.2 Å². The second-order valence-corrected chi connectivity index (χ2v) is 8.04. The van der Waals surface area contributed by atoms with E-state index >= 15 is 0 Å². The molecular weight excluding hydrogens is 372 g/mol. The van der Waals surface area contributed by atoms with Crippen molar-refractivity contribution in [2.75, 3.05) is 26.2 Å². The molecule has 1 unspecified atom stereocenters. The molecule has 0 radical (unpaired) electrons. The van der Waals surface area contributed by atoms with Gasteiger partial charge in [0, 0.05) is 31.7 Å². The number of nitrogens with zero attached hydrogens (tertiary/aromatic N) is 2. The number of carbonyl (C=O) groups is 3. The molecule has 1 aromatic carbocycles. The highest BCUT2D eigenvalue weighted by Gasteiger charge is 2.41. The molecule has 0 saturated carbocycles. The van der Waals surface area contributed by atoms with Gasteiger partial charge in [0.25, 0.3) is 0 Å². The number of Topliss-reactive ketones (excluding diaryl/α,β-unsaturated/α-hetero) is 1. The molecule has 1 aromatic rings. The zero-order chi connectivity index (χ0) is 20.2. The van der Waals surface area contributed by atoms with E-state index in [0.29, 0.717) is 19.6 Å². The van der Waals surface area contributed by atoms with E-state index in [2.05, 4.69) is 10.6 Å². The molecule has 3 saturated heterocycles. The second kappa shape index (κ2) is 8.82. The molecule has 156 valence electrons. The lowest BCUT2D eigenvalue weighted by Gasteiger charge is -2.33. The fraction of sp³-hybridized carbons (Fsp3) is 0.571. The van der Waals surface area contributed by atoms with E-state index in [1.807, 2.05) is 30.3 Å². The Hall–Kier alpha value is -2.61. The number of ketones is 1. The first-order valence-electron chi connectivity index (χ1n) is 10.4. The summed E-state index contributed by atoms with van der Waals surface area (Å²) in [7, 11) is 0. The third kappa shape index (κ3) is 4.70. The average Bonchev–Trinajstić information content (AvgIpc) is 3.04. The van der Waals surface area contributed by atoms with Crippen molar-refractivity contribution >= 4 is 17.9 Å². The minimum Gasteiger partial charge on any atom is -0.445 e. The zero-order valence-electron chi connectivity index (χ0n) is 16.5. The number of hydrogen-bond donors (Lipinski definition) is 2. The van der Waals surface area contributed by atoms with Crippen molar-refractivity contribution in [1.29, 1.82) is 0 Å². The minimum absolute atomic E-state index is 0.0743. The fourth-order valence-electron chi connectivity index (χ4n) is 4.34. The molecule has 8 heteroatoms. The van der Waals surface area contributed by atoms with Crippen LogP contribution < -0.4 is 10.6 Å². The first-order chi connectivity index (χ1) is 14.1. The molecule has 0 aromatic heterocycles. The molecule has 29 heavy (non-hydrogen) atoms. The molecule has 8 nitrogen and oxygen atoms in total. The molecule has 0 spiro atoms. The van der Waals surface area contributed by atoms with Gasteiger partial charge in [-0.3, -0.25) is 4.79 Å². The molecule has 2 atom stereocenters. The number of rotatable bonds is 6. The Morgan fingerprint density at radius 3 is 2.62 bits per heavy atom. The fourth-order valence-corrected chi connectivity index (χ4v) is 4.34. The van der Waals surface area contributed by atoms with E-state index in [1.165, 1.54) is 0 Å². The standard InChI is InChI=1S/C21H28N4O4/c26-19(18-7-6-17-13-25(18)20(27)23-17)12-22-16-8-10-24(11-9-16)21(28)29-14-15-4-2-1-3-5-15/h1-5,16-18,22H,6-14H2,(H,23,27)/t17?,18-/m0/s1. The van der Waals surface area contributed by atoms with Crippen LogP contribution in [0.25, 0.3) is 0 Å². The van der Waals surface area contributed by atoms with Gasteiger partial charge in [-0.25, -0.2) is 9.59 Å². The van der Waals surface area contributed by atoms with Gasteiger partial charge in [-0.15, -0.1) is 0 Å². The highest BCUT2D eigenvalue weighted by Crippen LogP contribution is 2.23. The SMILES string of the molecule is O=C(CNC1CCN(C(=O)OCc2ccccc2)CC1)[C@@H]1CCC2CN1C(=O)N2. The number of amides is 3. The third-order valence-corrected chi connectivity index (χ3v) is 6.07. The van der Waals surface area contributed by atoms with Gasteiger partial charge in [0.1, 0.15) is 6.61 Å². The molecule has 3 aliphatic heterocycles. The molecule has 3 fully saturated rings. The molecule has 2 N–H and O–H groups in total. The van der Waals surface area contributed by atoms with Crippen molar-refractivity contribution in [3.63, 3.8) is 0 Å². The van der Waals surface area contributed by atoms with Crippen LogP contribution in [0.5, 0.6) is 0 Å². The first kappa shape index (κ1) is 19.7. The Kier molecular flexibility index (Phi) is 5.99. The van der Waals surface area contributed by atoms with E-state index < -0.39 is 0 Å². The van der Waals surface area contributed by atoms with Crippen molar-refractivity contribution in [2.24, 2.45) is 0 Å². The number of piperidine rings is 2. The van der Waals surface area contributed by atoms with Crippen molar-refractivity contribution in [3.8, 4) is 0 Å². The van der Waals surface area contributed by atoms with Gasteiger partial charge in [0.2, 0.25) is 0 Å². The Morgan fingerprint density at radius 2 is 1.86 bits per heavy atom. The maximum Gasteiger partial charge on any atom is 0.410 e. The topological polar surface area (TPSA) is 91.0 Å². The number of nitrogens with one attached hydrogen (secondary N) is 2. The summed E-state index contributed by atoms with van der Waals surface area (Å²) in [5.41, 5.74) is 0.969. The van der Waals surface area contributed by atoms with E-state index in [9.17, 15) is 14.4 Å². The normalized spacial score (nSPS) is 24.3. The number of benzene rings is 1. The molecular formula is C21H28N4O4. The first-order valence-corrected chi connectivity index (χ1v) is 10.4. The number of carbonyl (C=O) groups excluding carboxylic acids is 3. The highest BCUT2D eigenvalue weighted by molar-refractivity contribution is 5.91. The van der Waals surface area contributed by atoms with Gasteiger partial charge in [-0.2, -0.15) is 0 Å². The second-order valence-electron chi connectivity index (χ2n) is 8.04. The summed E-state index contributed by atoms with van der Waals surface area (Å²) in [6.45, 7) is 2.40. The van der Waals surface area contributed by atoms with Crippen LogP contribution in [-0.4, -0.2) is 72.0 Å². The summed E-state index contributed by atoms with van der Waals surface area (Å²) in [6, 6.07) is 9.59. The number of hydrogen-bond acceptors (Lipinski definition) is 5. The molecule has 3 amide bonds. The van der Waals surface area contributed by atoms with E-state index in [4.69, 9.17) is 4.74 Å². The quantitative estimate of drug-likeness (QED) is 0.755. The molecule has 3 aliphatic rings. The van der Waals surface area contributed by atoms with Crippen LogP contribution in [0.1, 0.15) is 31.2 Å². The van der Waals surface area contributed by atoms with Gasteiger partial charge >= 0.3 is 12.1 Å². The Balaban J connectivity index is 1.17. The predicted molar refractivity (Wildman–Crippen MR) is 106 cm³/mol. The lowest BCUT2D eigenvalue weighted by Crippen LogP contribution is -2.50. The number of ether oxygens (including phenoxy) is 1. The Bertz CT molecular complexity index is 748. The van der Waals surface area contributed by atoms with Crippen LogP contribution >= 0.6 is 0 Å². The summed E-state index contributed by atoms with van der Waals surface area (Å²) in [6.07, 6.45) is 2.87. The molecule has 0 aliphatic carbocycles. The van der Waals surface area contributed by atoms with E-state index in [0.717, 1.165) is 31.2 Å². The third-order valence-electron chi connectivity index (χ3n) is 6.07. The highest BCUT2D eigenvalue weighted by atomic mass is 16.6. The maximum atomic E-state index is 12.6. The number of fused-ring (bicyclic) bond motifs is 2. The van der Waals surface area contributed by atoms with Gasteiger partial charge in [-0.1, -0.05) is 30.3 Å². The van der Waals surface area contributed by atoms with Gasteiger partial charge < -0.3 is 25.2 Å². The minimum atomic E-state index is -0.311. The summed E-state index contributed by atoms with van der Waals surface area (Å²) >= 11 is 0. The van der Waals surface area contributed by atoms with Crippen LogP contribution in [-0.2, 0) is 16.1 Å². The van der Waals surface area contributed by atoms with Crippen LogP contribution in [0, 0.1) is 0 Å². The van der Waals surface area contributed by atoms with Crippen LogP contribution in [0.4, 0.5) is 9.59 Å². The lowest BCUT2D eigenvalue weighted by atomic mass is 9.97. The summed E-state index contributed by atoms with van der Waals surface area (Å²) in [5, 5.41) is 6.23. The Labute approximate surface area is 170 Å². The molecule has 2 bridgehead atoms.